The number of nitrogens with one attached hydrogen (secondary N) is 1. The molecule has 1 unspecified atom stereocenters. The fourth-order valence-electron chi connectivity index (χ4n) is 2.95. The monoisotopic (exact) mass is 373 g/mol. The zero-order valence-electron chi connectivity index (χ0n) is 14.8. The van der Waals surface area contributed by atoms with Gasteiger partial charge in [0.25, 0.3) is 0 Å². The highest BCUT2D eigenvalue weighted by Gasteiger charge is 2.25. The van der Waals surface area contributed by atoms with Crippen molar-refractivity contribution in [1.82, 2.24) is 15.1 Å². The molecule has 0 saturated carbocycles. The van der Waals surface area contributed by atoms with E-state index in [-0.39, 0.29) is 6.03 Å². The highest BCUT2D eigenvalue weighted by molar-refractivity contribution is 7.16. The first-order valence-corrected chi connectivity index (χ1v) is 9.79. The molecule has 1 N–H and O–H groups in total. The molecule has 24 heavy (non-hydrogen) atoms. The van der Waals surface area contributed by atoms with E-state index in [1.807, 2.05) is 24.0 Å². The first-order chi connectivity index (χ1) is 11.5. The van der Waals surface area contributed by atoms with Gasteiger partial charge in [-0.2, -0.15) is 0 Å². The standard InChI is InChI=1S/C17H28ClN3O2S/c1-4-20(12-14-5-6-16(18)24-14)17(22)19-11-15(13(2)3)21-7-9-23-10-8-21/h5-6,13,15H,4,7-12H2,1-3H3,(H,19,22). The molecule has 0 spiro atoms. The third-order valence-electron chi connectivity index (χ3n) is 4.39. The maximum absolute atomic E-state index is 12.5. The molecule has 0 radical (unpaired) electrons. The van der Waals surface area contributed by atoms with E-state index >= 15 is 0 Å². The Morgan fingerprint density at radius 3 is 2.67 bits per heavy atom. The number of thiophene rings is 1. The zero-order valence-corrected chi connectivity index (χ0v) is 16.3. The molecule has 136 valence electrons. The smallest absolute Gasteiger partial charge is 0.317 e. The molecular weight excluding hydrogens is 346 g/mol. The van der Waals surface area contributed by atoms with E-state index in [1.165, 1.54) is 11.3 Å². The minimum absolute atomic E-state index is 0.0130. The van der Waals surface area contributed by atoms with Gasteiger partial charge in [0.05, 0.1) is 24.1 Å². The van der Waals surface area contributed by atoms with Crippen LogP contribution in [0.3, 0.4) is 0 Å². The molecule has 0 bridgehead atoms. The van der Waals surface area contributed by atoms with E-state index in [9.17, 15) is 4.79 Å². The van der Waals surface area contributed by atoms with Crippen LogP contribution in [0.5, 0.6) is 0 Å². The van der Waals surface area contributed by atoms with Gasteiger partial charge in [0.2, 0.25) is 0 Å². The normalized spacial score (nSPS) is 17.0. The van der Waals surface area contributed by atoms with Crippen LogP contribution >= 0.6 is 22.9 Å². The number of rotatable bonds is 7. The minimum atomic E-state index is -0.0130. The average Bonchev–Trinajstić information content (AvgIpc) is 2.98. The molecule has 1 atom stereocenters. The summed E-state index contributed by atoms with van der Waals surface area (Å²) in [5, 5.41) is 3.12. The maximum atomic E-state index is 12.5. The summed E-state index contributed by atoms with van der Waals surface area (Å²) in [6.07, 6.45) is 0. The summed E-state index contributed by atoms with van der Waals surface area (Å²) in [6.45, 7) is 11.8. The number of nitrogens with zero attached hydrogens (tertiary/aromatic N) is 2. The van der Waals surface area contributed by atoms with Crippen LogP contribution < -0.4 is 5.32 Å². The first-order valence-electron chi connectivity index (χ1n) is 8.60. The summed E-state index contributed by atoms with van der Waals surface area (Å²) in [4.78, 5) is 17.9. The van der Waals surface area contributed by atoms with Crippen LogP contribution in [-0.4, -0.2) is 61.3 Å². The van der Waals surface area contributed by atoms with Gasteiger partial charge in [-0.25, -0.2) is 4.79 Å². The van der Waals surface area contributed by atoms with E-state index in [2.05, 4.69) is 24.1 Å². The van der Waals surface area contributed by atoms with Gasteiger partial charge in [0, 0.05) is 37.1 Å². The SMILES string of the molecule is CCN(Cc1ccc(Cl)s1)C(=O)NCC(C(C)C)N1CCOCC1. The number of hydrogen-bond acceptors (Lipinski definition) is 4. The second-order valence-electron chi connectivity index (χ2n) is 6.37. The second kappa shape index (κ2) is 9.61. The van der Waals surface area contributed by atoms with E-state index in [4.69, 9.17) is 16.3 Å². The van der Waals surface area contributed by atoms with Crippen molar-refractivity contribution >= 4 is 29.0 Å². The molecule has 7 heteroatoms. The van der Waals surface area contributed by atoms with Crippen LogP contribution in [0, 0.1) is 5.92 Å². The van der Waals surface area contributed by atoms with E-state index in [0.29, 0.717) is 31.6 Å². The summed E-state index contributed by atoms with van der Waals surface area (Å²) < 4.78 is 6.19. The van der Waals surface area contributed by atoms with Crippen LogP contribution in [0.4, 0.5) is 4.79 Å². The van der Waals surface area contributed by atoms with Crippen LogP contribution in [0.15, 0.2) is 12.1 Å². The molecule has 1 aromatic rings. The lowest BCUT2D eigenvalue weighted by molar-refractivity contribution is 0.00693. The van der Waals surface area contributed by atoms with Crippen LogP contribution in [0.2, 0.25) is 4.34 Å². The number of morpholine rings is 1. The number of carbonyl (C=O) groups is 1. The molecule has 0 aromatic carbocycles. The Hall–Kier alpha value is -0.820. The lowest BCUT2D eigenvalue weighted by Crippen LogP contribution is -2.52. The highest BCUT2D eigenvalue weighted by Crippen LogP contribution is 2.22. The molecule has 2 amide bonds. The van der Waals surface area contributed by atoms with Gasteiger partial charge in [-0.1, -0.05) is 25.4 Å². The number of hydrogen-bond donors (Lipinski definition) is 1. The van der Waals surface area contributed by atoms with E-state index < -0.39 is 0 Å². The first kappa shape index (κ1) is 19.5. The zero-order chi connectivity index (χ0) is 17.5. The van der Waals surface area contributed by atoms with Crippen molar-refractivity contribution in [2.24, 2.45) is 5.92 Å². The third-order valence-corrected chi connectivity index (χ3v) is 5.61. The summed E-state index contributed by atoms with van der Waals surface area (Å²) in [5.41, 5.74) is 0. The lowest BCUT2D eigenvalue weighted by Gasteiger charge is -2.37. The van der Waals surface area contributed by atoms with Crippen molar-refractivity contribution < 1.29 is 9.53 Å². The molecule has 5 nitrogen and oxygen atoms in total. The van der Waals surface area contributed by atoms with E-state index in [0.717, 1.165) is 35.5 Å². The Morgan fingerprint density at radius 1 is 1.42 bits per heavy atom. The molecule has 1 aliphatic rings. The van der Waals surface area contributed by atoms with Crippen molar-refractivity contribution in [3.63, 3.8) is 0 Å². The number of halogens is 1. The molecule has 1 aliphatic heterocycles. The molecular formula is C17H28ClN3O2S. The molecule has 2 rings (SSSR count). The fraction of sp³-hybridized carbons (Fsp3) is 0.706. The van der Waals surface area contributed by atoms with Crippen molar-refractivity contribution in [3.8, 4) is 0 Å². The topological polar surface area (TPSA) is 44.8 Å². The van der Waals surface area contributed by atoms with Gasteiger partial charge in [0.15, 0.2) is 0 Å². The molecule has 1 fully saturated rings. The summed E-state index contributed by atoms with van der Waals surface area (Å²) in [7, 11) is 0. The van der Waals surface area contributed by atoms with Crippen molar-refractivity contribution in [2.75, 3.05) is 39.4 Å². The Bertz CT molecular complexity index is 518. The van der Waals surface area contributed by atoms with Gasteiger partial charge in [-0.3, -0.25) is 4.90 Å². The highest BCUT2D eigenvalue weighted by atomic mass is 35.5. The maximum Gasteiger partial charge on any atom is 0.317 e. The molecule has 2 heterocycles. The van der Waals surface area contributed by atoms with Gasteiger partial charge < -0.3 is 15.0 Å². The van der Waals surface area contributed by atoms with Crippen molar-refractivity contribution in [3.05, 3.63) is 21.3 Å². The third kappa shape index (κ3) is 5.62. The Morgan fingerprint density at radius 2 is 2.12 bits per heavy atom. The van der Waals surface area contributed by atoms with E-state index in [1.54, 1.807) is 0 Å². The Kier molecular flexibility index (Phi) is 7.81. The largest absolute Gasteiger partial charge is 0.379 e. The summed E-state index contributed by atoms with van der Waals surface area (Å²) >= 11 is 7.50. The van der Waals surface area contributed by atoms with Gasteiger partial charge in [-0.05, 0) is 25.0 Å². The lowest BCUT2D eigenvalue weighted by atomic mass is 10.0. The quantitative estimate of drug-likeness (QED) is 0.797. The number of amides is 2. The second-order valence-corrected chi connectivity index (χ2v) is 8.17. The van der Waals surface area contributed by atoms with Gasteiger partial charge in [0.1, 0.15) is 0 Å². The number of ether oxygens (including phenoxy) is 1. The van der Waals surface area contributed by atoms with Crippen LogP contribution in [0.1, 0.15) is 25.6 Å². The summed E-state index contributed by atoms with van der Waals surface area (Å²) in [5.74, 6) is 0.481. The Labute approximate surface area is 153 Å². The predicted octanol–water partition coefficient (Wildman–Crippen LogP) is 3.29. The predicted molar refractivity (Wildman–Crippen MR) is 99.8 cm³/mol. The Balaban J connectivity index is 1.88. The number of carbonyl (C=O) groups excluding carboxylic acids is 1. The van der Waals surface area contributed by atoms with Gasteiger partial charge >= 0.3 is 6.03 Å². The fourth-order valence-corrected chi connectivity index (χ4v) is 4.05. The van der Waals surface area contributed by atoms with Gasteiger partial charge in [-0.15, -0.1) is 11.3 Å². The van der Waals surface area contributed by atoms with Crippen LogP contribution in [-0.2, 0) is 11.3 Å². The van der Waals surface area contributed by atoms with Crippen molar-refractivity contribution in [1.29, 1.82) is 0 Å². The molecule has 1 saturated heterocycles. The van der Waals surface area contributed by atoms with Crippen LogP contribution in [0.25, 0.3) is 0 Å². The summed E-state index contributed by atoms with van der Waals surface area (Å²) in [6, 6.07) is 4.18. The average molecular weight is 374 g/mol. The number of urea groups is 1. The minimum Gasteiger partial charge on any atom is -0.379 e. The van der Waals surface area contributed by atoms with Crippen molar-refractivity contribution in [2.45, 2.75) is 33.4 Å². The molecule has 1 aromatic heterocycles. The molecule has 0 aliphatic carbocycles.